The number of rotatable bonds is 4. The van der Waals surface area contributed by atoms with Gasteiger partial charge < -0.3 is 15.0 Å². The molecule has 20 heavy (non-hydrogen) atoms. The first kappa shape index (κ1) is 13.1. The number of aliphatic hydroxyl groups is 1. The summed E-state index contributed by atoms with van der Waals surface area (Å²) in [7, 11) is 0. The average molecular weight is 273 g/mol. The highest BCUT2D eigenvalue weighted by Crippen LogP contribution is 2.24. The number of H-pyrrole nitrogens is 1. The Hall–Kier alpha value is -1.88. The molecule has 2 N–H and O–H groups in total. The minimum atomic E-state index is 0.0851. The number of likely N-dealkylation sites (tertiary alicyclic amines) is 1. The van der Waals surface area contributed by atoms with Crippen molar-refractivity contribution >= 4 is 16.9 Å². The maximum atomic E-state index is 12.6. The van der Waals surface area contributed by atoms with Crippen molar-refractivity contribution in [2.24, 2.45) is 0 Å². The summed E-state index contributed by atoms with van der Waals surface area (Å²) in [5.41, 5.74) is 2.47. The van der Waals surface area contributed by atoms with Crippen molar-refractivity contribution in [3.8, 4) is 0 Å². The zero-order valence-electron chi connectivity index (χ0n) is 11.4. The van der Waals surface area contributed by atoms with Crippen molar-refractivity contribution in [2.75, 3.05) is 13.2 Å². The van der Waals surface area contributed by atoms with E-state index in [0.29, 0.717) is 5.56 Å². The van der Waals surface area contributed by atoms with Crippen LogP contribution in [-0.2, 0) is 0 Å². The molecule has 5 heteroatoms. The molecule has 0 saturated carbocycles. The highest BCUT2D eigenvalue weighted by atomic mass is 16.3. The summed E-state index contributed by atoms with van der Waals surface area (Å²) in [6.07, 6.45) is 5.37. The van der Waals surface area contributed by atoms with Crippen LogP contribution < -0.4 is 0 Å². The number of nitrogens with one attached hydrogen (secondary N) is 1. The topological polar surface area (TPSA) is 69.2 Å². The van der Waals surface area contributed by atoms with Gasteiger partial charge in [0.25, 0.3) is 5.91 Å². The van der Waals surface area contributed by atoms with Crippen LogP contribution in [0.1, 0.15) is 36.0 Å². The number of carbonyl (C=O) groups is 1. The molecule has 106 valence electrons. The number of hydrogen-bond acceptors (Lipinski definition) is 3. The SMILES string of the molecule is O=C(c1ccc2nc[nH]c2c1)N1CCCC1CCCO. The quantitative estimate of drug-likeness (QED) is 0.894. The van der Waals surface area contributed by atoms with Crippen LogP contribution in [0.5, 0.6) is 0 Å². The number of hydrogen-bond donors (Lipinski definition) is 2. The predicted octanol–water partition coefficient (Wildman–Crippen LogP) is 1.94. The Bertz CT molecular complexity index is 608. The van der Waals surface area contributed by atoms with Crippen LogP contribution in [0.2, 0.25) is 0 Å². The Kier molecular flexibility index (Phi) is 3.69. The normalized spacial score (nSPS) is 18.9. The molecule has 0 radical (unpaired) electrons. The summed E-state index contributed by atoms with van der Waals surface area (Å²) in [5, 5.41) is 8.95. The minimum Gasteiger partial charge on any atom is -0.396 e. The highest BCUT2D eigenvalue weighted by Gasteiger charge is 2.28. The molecular weight excluding hydrogens is 254 g/mol. The van der Waals surface area contributed by atoms with Gasteiger partial charge in [0.1, 0.15) is 0 Å². The van der Waals surface area contributed by atoms with Crippen LogP contribution in [0.3, 0.4) is 0 Å². The molecule has 1 amide bonds. The fourth-order valence-electron chi connectivity index (χ4n) is 2.96. The van der Waals surface area contributed by atoms with Gasteiger partial charge >= 0.3 is 0 Å². The molecule has 5 nitrogen and oxygen atoms in total. The van der Waals surface area contributed by atoms with Gasteiger partial charge in [-0.3, -0.25) is 4.79 Å². The summed E-state index contributed by atoms with van der Waals surface area (Å²) in [5.74, 6) is 0.0851. The maximum absolute atomic E-state index is 12.6. The predicted molar refractivity (Wildman–Crippen MR) is 76.5 cm³/mol. The Labute approximate surface area is 117 Å². The monoisotopic (exact) mass is 273 g/mol. The van der Waals surface area contributed by atoms with Gasteiger partial charge in [0.2, 0.25) is 0 Å². The second kappa shape index (κ2) is 5.63. The van der Waals surface area contributed by atoms with Crippen molar-refractivity contribution in [3.63, 3.8) is 0 Å². The van der Waals surface area contributed by atoms with Crippen LogP contribution in [0.25, 0.3) is 11.0 Å². The van der Waals surface area contributed by atoms with Crippen LogP contribution >= 0.6 is 0 Å². The number of carbonyl (C=O) groups excluding carboxylic acids is 1. The summed E-state index contributed by atoms with van der Waals surface area (Å²) < 4.78 is 0. The van der Waals surface area contributed by atoms with Crippen LogP contribution in [0.15, 0.2) is 24.5 Å². The zero-order chi connectivity index (χ0) is 13.9. The van der Waals surface area contributed by atoms with Gasteiger partial charge in [0, 0.05) is 24.8 Å². The number of amides is 1. The van der Waals surface area contributed by atoms with Crippen LogP contribution in [0.4, 0.5) is 0 Å². The third-order valence-corrected chi connectivity index (χ3v) is 4.00. The van der Waals surface area contributed by atoms with E-state index in [9.17, 15) is 4.79 Å². The van der Waals surface area contributed by atoms with E-state index in [4.69, 9.17) is 5.11 Å². The summed E-state index contributed by atoms with van der Waals surface area (Å²) in [4.78, 5) is 21.8. The Morgan fingerprint density at radius 2 is 2.40 bits per heavy atom. The second-order valence-electron chi connectivity index (χ2n) is 5.29. The summed E-state index contributed by atoms with van der Waals surface area (Å²) in [6.45, 7) is 1.01. The highest BCUT2D eigenvalue weighted by molar-refractivity contribution is 5.97. The third kappa shape index (κ3) is 2.41. The average Bonchev–Trinajstić information content (AvgIpc) is 3.12. The van der Waals surface area contributed by atoms with Gasteiger partial charge in [-0.05, 0) is 43.9 Å². The number of imidazole rings is 1. The first-order valence-electron chi connectivity index (χ1n) is 7.14. The maximum Gasteiger partial charge on any atom is 0.254 e. The molecule has 0 bridgehead atoms. The van der Waals surface area contributed by atoms with E-state index in [1.165, 1.54) is 0 Å². The molecule has 0 spiro atoms. The largest absolute Gasteiger partial charge is 0.396 e. The first-order chi connectivity index (χ1) is 9.79. The van der Waals surface area contributed by atoms with Crippen molar-refractivity contribution in [3.05, 3.63) is 30.1 Å². The summed E-state index contributed by atoms with van der Waals surface area (Å²) >= 11 is 0. The fraction of sp³-hybridized carbons (Fsp3) is 0.467. The Balaban J connectivity index is 1.79. The number of fused-ring (bicyclic) bond motifs is 1. The minimum absolute atomic E-state index is 0.0851. The Morgan fingerprint density at radius 3 is 3.25 bits per heavy atom. The molecular formula is C15H19N3O2. The molecule has 2 aromatic rings. The number of aromatic nitrogens is 2. The fourth-order valence-corrected chi connectivity index (χ4v) is 2.96. The molecule has 1 aromatic carbocycles. The molecule has 1 unspecified atom stereocenters. The number of aliphatic hydroxyl groups excluding tert-OH is 1. The number of nitrogens with zero attached hydrogens (tertiary/aromatic N) is 2. The van der Waals surface area contributed by atoms with E-state index in [2.05, 4.69) is 9.97 Å². The molecule has 2 heterocycles. The van der Waals surface area contributed by atoms with Crippen LogP contribution in [0, 0.1) is 0 Å². The van der Waals surface area contributed by atoms with Gasteiger partial charge in [-0.15, -0.1) is 0 Å². The van der Waals surface area contributed by atoms with E-state index >= 15 is 0 Å². The molecule has 0 aliphatic carbocycles. The zero-order valence-corrected chi connectivity index (χ0v) is 11.4. The van der Waals surface area contributed by atoms with Crippen molar-refractivity contribution in [1.82, 2.24) is 14.9 Å². The molecule has 1 fully saturated rings. The number of benzene rings is 1. The molecule has 3 rings (SSSR count). The van der Waals surface area contributed by atoms with Crippen LogP contribution in [-0.4, -0.2) is 45.1 Å². The smallest absolute Gasteiger partial charge is 0.254 e. The van der Waals surface area contributed by atoms with Crippen molar-refractivity contribution in [2.45, 2.75) is 31.7 Å². The molecule has 1 aliphatic rings. The lowest BCUT2D eigenvalue weighted by Gasteiger charge is -2.24. The standard InChI is InChI=1S/C15H19N3O2/c19-8-2-4-12-3-1-7-18(12)15(20)11-5-6-13-14(9-11)17-10-16-13/h5-6,9-10,12,19H,1-4,7-8H2,(H,16,17). The second-order valence-corrected chi connectivity index (χ2v) is 5.29. The van der Waals surface area contributed by atoms with E-state index in [-0.39, 0.29) is 18.6 Å². The van der Waals surface area contributed by atoms with E-state index in [1.807, 2.05) is 23.1 Å². The van der Waals surface area contributed by atoms with Gasteiger partial charge in [0.05, 0.1) is 17.4 Å². The van der Waals surface area contributed by atoms with E-state index < -0.39 is 0 Å². The lowest BCUT2D eigenvalue weighted by Crippen LogP contribution is -2.35. The van der Waals surface area contributed by atoms with Gasteiger partial charge in [-0.25, -0.2) is 4.98 Å². The van der Waals surface area contributed by atoms with E-state index in [1.54, 1.807) is 6.33 Å². The first-order valence-corrected chi connectivity index (χ1v) is 7.14. The van der Waals surface area contributed by atoms with Crippen molar-refractivity contribution in [1.29, 1.82) is 0 Å². The summed E-state index contributed by atoms with van der Waals surface area (Å²) in [6, 6.07) is 5.85. The lowest BCUT2D eigenvalue weighted by molar-refractivity contribution is 0.0724. The molecule has 1 saturated heterocycles. The molecule has 1 aliphatic heterocycles. The molecule has 1 aromatic heterocycles. The Morgan fingerprint density at radius 1 is 1.50 bits per heavy atom. The lowest BCUT2D eigenvalue weighted by atomic mass is 10.1. The van der Waals surface area contributed by atoms with Gasteiger partial charge in [0.15, 0.2) is 0 Å². The van der Waals surface area contributed by atoms with Gasteiger partial charge in [-0.2, -0.15) is 0 Å². The van der Waals surface area contributed by atoms with Crippen molar-refractivity contribution < 1.29 is 9.90 Å². The third-order valence-electron chi connectivity index (χ3n) is 4.00. The number of aromatic amines is 1. The molecule has 1 atom stereocenters. The van der Waals surface area contributed by atoms with E-state index in [0.717, 1.165) is 43.3 Å². The van der Waals surface area contributed by atoms with Gasteiger partial charge in [-0.1, -0.05) is 0 Å².